The van der Waals surface area contributed by atoms with Gasteiger partial charge in [-0.1, -0.05) is 18.7 Å². The predicted octanol–water partition coefficient (Wildman–Crippen LogP) is 1.84. The number of nitrogens with one attached hydrogen (secondary N) is 2. The summed E-state index contributed by atoms with van der Waals surface area (Å²) in [5.74, 6) is 3.65. The van der Waals surface area contributed by atoms with E-state index in [9.17, 15) is 4.79 Å². The van der Waals surface area contributed by atoms with E-state index in [0.717, 1.165) is 24.2 Å². The lowest BCUT2D eigenvalue weighted by Gasteiger charge is -2.56. The Morgan fingerprint density at radius 2 is 1.85 bits per heavy atom. The first-order chi connectivity index (χ1) is 12.5. The van der Waals surface area contributed by atoms with Crippen LogP contribution in [-0.2, 0) is 4.79 Å². The van der Waals surface area contributed by atoms with E-state index in [4.69, 9.17) is 4.42 Å². The summed E-state index contributed by atoms with van der Waals surface area (Å²) >= 11 is 1.36. The van der Waals surface area contributed by atoms with Gasteiger partial charge in [0.25, 0.3) is 11.1 Å². The number of quaternary nitrogens is 1. The fourth-order valence-corrected chi connectivity index (χ4v) is 6.54. The van der Waals surface area contributed by atoms with Crippen LogP contribution < -0.4 is 10.2 Å². The summed E-state index contributed by atoms with van der Waals surface area (Å²) in [6.45, 7) is 2.12. The first kappa shape index (κ1) is 18.3. The number of carbonyl (C=O) groups is 1. The molecule has 4 fully saturated rings. The highest BCUT2D eigenvalue weighted by molar-refractivity contribution is 7.99. The molecule has 0 aliphatic heterocycles. The number of carbonyl (C=O) groups excluding carboxylic acids is 1. The fourth-order valence-electron chi connectivity index (χ4n) is 5.97. The fraction of sp³-hybridized carbons (Fsp3) is 0.842. The lowest BCUT2D eigenvalue weighted by molar-refractivity contribution is -0.894. The average Bonchev–Trinajstić information content (AvgIpc) is 3.00. The Morgan fingerprint density at radius 1 is 1.23 bits per heavy atom. The standard InChI is InChI=1S/C19H30N4O2S/c1-4-15(23(2)3)17-21-22-18(25-17)26-11-16(24)20-19-8-12-5-13(9-19)7-14(6-12)10-19/h12-15H,4-11H2,1-3H3,(H,20,24)/p+1/t12?,13?,14?,15-,19?/m1/s1. The molecule has 1 aromatic heterocycles. The molecule has 0 aromatic carbocycles. The number of hydrogen-bond acceptors (Lipinski definition) is 5. The lowest BCUT2D eigenvalue weighted by Crippen LogP contribution is -3.06. The minimum absolute atomic E-state index is 0.0774. The zero-order valence-electron chi connectivity index (χ0n) is 16.1. The Kier molecular flexibility index (Phi) is 5.03. The number of nitrogens with zero attached hydrogens (tertiary/aromatic N) is 2. The third-order valence-electron chi connectivity index (χ3n) is 6.59. The van der Waals surface area contributed by atoms with E-state index in [1.807, 2.05) is 0 Å². The summed E-state index contributed by atoms with van der Waals surface area (Å²) in [5.41, 5.74) is 0.0774. The van der Waals surface area contributed by atoms with Gasteiger partial charge in [-0.3, -0.25) is 4.79 Å². The van der Waals surface area contributed by atoms with Crippen LogP contribution in [0.4, 0.5) is 0 Å². The molecule has 26 heavy (non-hydrogen) atoms. The van der Waals surface area contributed by atoms with Crippen molar-refractivity contribution in [3.63, 3.8) is 0 Å². The first-order valence-corrected chi connectivity index (χ1v) is 11.0. The molecule has 144 valence electrons. The first-order valence-electron chi connectivity index (χ1n) is 10.0. The van der Waals surface area contributed by atoms with E-state index in [2.05, 4.69) is 36.5 Å². The summed E-state index contributed by atoms with van der Waals surface area (Å²) in [6, 6.07) is 0.206. The molecule has 0 saturated heterocycles. The molecule has 1 heterocycles. The topological polar surface area (TPSA) is 72.5 Å². The summed E-state index contributed by atoms with van der Waals surface area (Å²) < 4.78 is 5.78. The van der Waals surface area contributed by atoms with Crippen LogP contribution in [0.15, 0.2) is 9.64 Å². The van der Waals surface area contributed by atoms with Crippen molar-refractivity contribution >= 4 is 17.7 Å². The van der Waals surface area contributed by atoms with Crippen LogP contribution in [0.5, 0.6) is 0 Å². The molecule has 4 aliphatic rings. The predicted molar refractivity (Wildman–Crippen MR) is 99.9 cm³/mol. The van der Waals surface area contributed by atoms with Crippen LogP contribution >= 0.6 is 11.8 Å². The largest absolute Gasteiger partial charge is 0.410 e. The van der Waals surface area contributed by atoms with Gasteiger partial charge in [0.15, 0.2) is 6.04 Å². The Hall–Kier alpha value is -1.08. The molecule has 4 bridgehead atoms. The molecular weight excluding hydrogens is 348 g/mol. The van der Waals surface area contributed by atoms with Crippen LogP contribution in [0, 0.1) is 17.8 Å². The van der Waals surface area contributed by atoms with Crippen molar-refractivity contribution in [3.05, 3.63) is 5.89 Å². The van der Waals surface area contributed by atoms with E-state index in [0.29, 0.717) is 16.9 Å². The maximum Gasteiger partial charge on any atom is 0.277 e. The van der Waals surface area contributed by atoms with Crippen molar-refractivity contribution in [3.8, 4) is 0 Å². The molecule has 5 rings (SSSR count). The van der Waals surface area contributed by atoms with Gasteiger partial charge < -0.3 is 14.6 Å². The van der Waals surface area contributed by atoms with E-state index in [1.165, 1.54) is 55.2 Å². The molecule has 1 atom stereocenters. The third kappa shape index (κ3) is 3.65. The smallest absolute Gasteiger partial charge is 0.277 e. The highest BCUT2D eigenvalue weighted by atomic mass is 32.2. The molecule has 2 N–H and O–H groups in total. The highest BCUT2D eigenvalue weighted by Crippen LogP contribution is 2.55. The van der Waals surface area contributed by atoms with Crippen LogP contribution in [0.25, 0.3) is 0 Å². The molecule has 0 unspecified atom stereocenters. The van der Waals surface area contributed by atoms with Crippen LogP contribution in [-0.4, -0.2) is 41.5 Å². The SMILES string of the molecule is CC[C@H](c1nnc(SCC(=O)NC23CC4CC(CC(C4)C2)C3)o1)[NH+](C)C. The number of hydrogen-bond donors (Lipinski definition) is 2. The number of aromatic nitrogens is 2. The van der Waals surface area contributed by atoms with Gasteiger partial charge in [-0.05, 0) is 56.3 Å². The van der Waals surface area contributed by atoms with Gasteiger partial charge in [-0.2, -0.15) is 0 Å². The van der Waals surface area contributed by atoms with Gasteiger partial charge in [0.1, 0.15) is 0 Å². The van der Waals surface area contributed by atoms with Crippen LogP contribution in [0.1, 0.15) is 63.8 Å². The minimum atomic E-state index is 0.0774. The van der Waals surface area contributed by atoms with E-state index < -0.39 is 0 Å². The highest BCUT2D eigenvalue weighted by Gasteiger charge is 2.51. The van der Waals surface area contributed by atoms with Crippen molar-refractivity contribution in [1.82, 2.24) is 15.5 Å². The van der Waals surface area contributed by atoms with Gasteiger partial charge in [0.05, 0.1) is 19.8 Å². The second-order valence-corrected chi connectivity index (χ2v) is 9.91. The Bertz CT molecular complexity index is 624. The number of amides is 1. The van der Waals surface area contributed by atoms with Crippen molar-refractivity contribution in [2.24, 2.45) is 17.8 Å². The molecule has 4 saturated carbocycles. The quantitative estimate of drug-likeness (QED) is 0.708. The second-order valence-electron chi connectivity index (χ2n) is 8.98. The Morgan fingerprint density at radius 3 is 2.38 bits per heavy atom. The molecule has 7 heteroatoms. The second kappa shape index (κ2) is 7.15. The summed E-state index contributed by atoms with van der Waals surface area (Å²) in [5, 5.41) is 12.2. The normalized spacial score (nSPS) is 33.6. The van der Waals surface area contributed by atoms with Gasteiger partial charge in [0, 0.05) is 12.0 Å². The van der Waals surface area contributed by atoms with Crippen molar-refractivity contribution < 1.29 is 14.1 Å². The van der Waals surface area contributed by atoms with Crippen molar-refractivity contribution in [2.45, 2.75) is 68.7 Å². The van der Waals surface area contributed by atoms with Crippen LogP contribution in [0.3, 0.4) is 0 Å². The third-order valence-corrected chi connectivity index (χ3v) is 7.41. The molecule has 6 nitrogen and oxygen atoms in total. The molecule has 0 spiro atoms. The van der Waals surface area contributed by atoms with Gasteiger partial charge in [-0.25, -0.2) is 0 Å². The minimum Gasteiger partial charge on any atom is -0.410 e. The number of rotatable bonds is 7. The van der Waals surface area contributed by atoms with Gasteiger partial charge in [-0.15, -0.1) is 10.2 Å². The summed E-state index contributed by atoms with van der Waals surface area (Å²) in [4.78, 5) is 13.9. The zero-order valence-corrected chi connectivity index (χ0v) is 16.9. The monoisotopic (exact) mass is 379 g/mol. The van der Waals surface area contributed by atoms with E-state index >= 15 is 0 Å². The van der Waals surface area contributed by atoms with Crippen molar-refractivity contribution in [1.29, 1.82) is 0 Å². The zero-order chi connectivity index (χ0) is 18.3. The Labute approximate surface area is 159 Å². The van der Waals surface area contributed by atoms with E-state index in [1.54, 1.807) is 0 Å². The summed E-state index contributed by atoms with van der Waals surface area (Å²) in [7, 11) is 4.17. The molecule has 1 aromatic rings. The summed E-state index contributed by atoms with van der Waals surface area (Å²) in [6.07, 6.45) is 8.67. The van der Waals surface area contributed by atoms with Gasteiger partial charge >= 0.3 is 0 Å². The van der Waals surface area contributed by atoms with E-state index in [-0.39, 0.29) is 17.5 Å². The van der Waals surface area contributed by atoms with Gasteiger partial charge in [0.2, 0.25) is 5.91 Å². The molecular formula is C19H31N4O2S+. The average molecular weight is 380 g/mol. The van der Waals surface area contributed by atoms with Crippen LogP contribution in [0.2, 0.25) is 0 Å². The maximum atomic E-state index is 12.6. The van der Waals surface area contributed by atoms with Crippen molar-refractivity contribution in [2.75, 3.05) is 19.8 Å². The lowest BCUT2D eigenvalue weighted by atomic mass is 9.53. The molecule has 0 radical (unpaired) electrons. The number of thioether (sulfide) groups is 1. The molecule has 1 amide bonds. The molecule has 4 aliphatic carbocycles. The Balaban J connectivity index is 1.31. The maximum absolute atomic E-state index is 12.6.